The number of para-hydroxylation sites is 1. The Balaban J connectivity index is 2.18. The molecule has 0 spiro atoms. The number of nitrogens with one attached hydrogen (secondary N) is 1. The van der Waals surface area contributed by atoms with Crippen molar-refractivity contribution >= 4 is 5.69 Å². The molecule has 0 saturated heterocycles. The first-order chi connectivity index (χ1) is 9.68. The summed E-state index contributed by atoms with van der Waals surface area (Å²) in [5.74, 6) is 0. The zero-order valence-electron chi connectivity index (χ0n) is 13.4. The number of aryl methyl sites for hydroxylation is 1. The monoisotopic (exact) mass is 274 g/mol. The second kappa shape index (κ2) is 7.12. The zero-order chi connectivity index (χ0) is 14.4. The van der Waals surface area contributed by atoms with E-state index in [9.17, 15) is 0 Å². The van der Waals surface area contributed by atoms with Gasteiger partial charge < -0.3 is 10.2 Å². The lowest BCUT2D eigenvalue weighted by Crippen LogP contribution is -2.42. The normalized spacial score (nSPS) is 18.2. The minimum atomic E-state index is 0.362. The van der Waals surface area contributed by atoms with Crippen LogP contribution in [-0.2, 0) is 6.42 Å². The Labute approximate surface area is 124 Å². The number of hydrogen-bond donors (Lipinski definition) is 1. The molecule has 1 heterocycles. The maximum absolute atomic E-state index is 3.40. The molecular weight excluding hydrogens is 244 g/mol. The molecule has 0 aliphatic carbocycles. The summed E-state index contributed by atoms with van der Waals surface area (Å²) in [5.41, 5.74) is 3.37. The third kappa shape index (κ3) is 3.76. The Bertz CT molecular complexity index is 408. The van der Waals surface area contributed by atoms with Gasteiger partial charge in [0.15, 0.2) is 0 Å². The van der Waals surface area contributed by atoms with E-state index in [0.717, 1.165) is 6.54 Å². The van der Waals surface area contributed by atoms with Crippen molar-refractivity contribution in [1.29, 1.82) is 0 Å². The van der Waals surface area contributed by atoms with E-state index >= 15 is 0 Å². The molecule has 0 amide bonds. The fraction of sp³-hybridized carbons (Fsp3) is 0.667. The van der Waals surface area contributed by atoms with Crippen molar-refractivity contribution in [1.82, 2.24) is 5.32 Å². The average molecular weight is 274 g/mol. The quantitative estimate of drug-likeness (QED) is 0.847. The fourth-order valence-electron chi connectivity index (χ4n) is 3.65. The van der Waals surface area contributed by atoms with E-state index in [1.54, 1.807) is 0 Å². The van der Waals surface area contributed by atoms with Gasteiger partial charge in [0, 0.05) is 25.3 Å². The maximum Gasteiger partial charge on any atom is 0.0398 e. The summed E-state index contributed by atoms with van der Waals surface area (Å²) in [6, 6.07) is 8.99. The third-order valence-electron chi connectivity index (χ3n) is 4.49. The predicted octanol–water partition coefficient (Wildman–Crippen LogP) is 3.86. The molecule has 0 fully saturated rings. The molecule has 2 nitrogen and oxygen atoms in total. The summed E-state index contributed by atoms with van der Waals surface area (Å²) in [6.07, 6.45) is 6.42. The maximum atomic E-state index is 3.40. The van der Waals surface area contributed by atoms with Crippen LogP contribution in [0.1, 0.15) is 45.1 Å². The Morgan fingerprint density at radius 3 is 2.80 bits per heavy atom. The van der Waals surface area contributed by atoms with Crippen molar-refractivity contribution in [2.45, 2.75) is 46.0 Å². The minimum absolute atomic E-state index is 0.362. The molecule has 1 aliphatic heterocycles. The number of hydrogen-bond acceptors (Lipinski definition) is 2. The van der Waals surface area contributed by atoms with Crippen molar-refractivity contribution in [2.75, 3.05) is 31.6 Å². The lowest BCUT2D eigenvalue weighted by atomic mass is 9.84. The fourth-order valence-corrected chi connectivity index (χ4v) is 3.65. The van der Waals surface area contributed by atoms with Crippen LogP contribution in [0.4, 0.5) is 5.69 Å². The topological polar surface area (TPSA) is 15.3 Å². The third-order valence-corrected chi connectivity index (χ3v) is 4.49. The summed E-state index contributed by atoms with van der Waals surface area (Å²) in [7, 11) is 2.07. The number of rotatable bonds is 6. The highest BCUT2D eigenvalue weighted by Crippen LogP contribution is 2.31. The lowest BCUT2D eigenvalue weighted by Gasteiger charge is -2.37. The molecule has 0 saturated carbocycles. The first-order valence-electron chi connectivity index (χ1n) is 8.16. The van der Waals surface area contributed by atoms with Gasteiger partial charge in [-0.25, -0.2) is 0 Å². The van der Waals surface area contributed by atoms with Crippen LogP contribution in [0.2, 0.25) is 0 Å². The summed E-state index contributed by atoms with van der Waals surface area (Å²) in [6.45, 7) is 8.20. The van der Waals surface area contributed by atoms with E-state index in [0.29, 0.717) is 5.41 Å². The second-order valence-corrected chi connectivity index (χ2v) is 6.60. The highest BCUT2D eigenvalue weighted by Gasteiger charge is 2.27. The first-order valence-corrected chi connectivity index (χ1v) is 8.16. The van der Waals surface area contributed by atoms with Gasteiger partial charge in [0.2, 0.25) is 0 Å². The van der Waals surface area contributed by atoms with Gasteiger partial charge >= 0.3 is 0 Å². The van der Waals surface area contributed by atoms with Crippen molar-refractivity contribution in [2.24, 2.45) is 5.41 Å². The van der Waals surface area contributed by atoms with Gasteiger partial charge in [-0.05, 0) is 49.8 Å². The van der Waals surface area contributed by atoms with Crippen molar-refractivity contribution < 1.29 is 0 Å². The molecular formula is C18H30N2. The van der Waals surface area contributed by atoms with E-state index in [1.807, 2.05) is 0 Å². The number of anilines is 1. The molecule has 20 heavy (non-hydrogen) atoms. The molecule has 1 aromatic carbocycles. The van der Waals surface area contributed by atoms with Crippen LogP contribution < -0.4 is 10.2 Å². The van der Waals surface area contributed by atoms with Crippen molar-refractivity contribution in [3.05, 3.63) is 29.8 Å². The summed E-state index contributed by atoms with van der Waals surface area (Å²) >= 11 is 0. The van der Waals surface area contributed by atoms with Crippen LogP contribution in [-0.4, -0.2) is 26.7 Å². The predicted molar refractivity (Wildman–Crippen MR) is 88.5 cm³/mol. The summed E-state index contributed by atoms with van der Waals surface area (Å²) in [4.78, 5) is 2.63. The molecule has 0 radical (unpaired) electrons. The molecule has 1 aromatic rings. The van der Waals surface area contributed by atoms with Crippen LogP contribution in [0.25, 0.3) is 0 Å². The molecule has 0 bridgehead atoms. The van der Waals surface area contributed by atoms with Gasteiger partial charge in [-0.2, -0.15) is 0 Å². The van der Waals surface area contributed by atoms with Crippen molar-refractivity contribution in [3.8, 4) is 0 Å². The first kappa shape index (κ1) is 15.4. The van der Waals surface area contributed by atoms with E-state index in [1.165, 1.54) is 56.4 Å². The average Bonchev–Trinajstić information content (AvgIpc) is 2.62. The molecule has 1 atom stereocenters. The van der Waals surface area contributed by atoms with Gasteiger partial charge in [0.25, 0.3) is 0 Å². The Hall–Kier alpha value is -1.02. The van der Waals surface area contributed by atoms with Gasteiger partial charge in [-0.3, -0.25) is 0 Å². The van der Waals surface area contributed by atoms with E-state index in [-0.39, 0.29) is 0 Å². The van der Waals surface area contributed by atoms with Crippen LogP contribution in [0, 0.1) is 5.41 Å². The SMILES string of the molecule is CCCC(C)(CNC)CN1CCCCc2ccccc21. The largest absolute Gasteiger partial charge is 0.371 e. The lowest BCUT2D eigenvalue weighted by molar-refractivity contribution is 0.287. The van der Waals surface area contributed by atoms with E-state index < -0.39 is 0 Å². The summed E-state index contributed by atoms with van der Waals surface area (Å²) < 4.78 is 0. The van der Waals surface area contributed by atoms with Crippen LogP contribution in [0.3, 0.4) is 0 Å². The minimum Gasteiger partial charge on any atom is -0.371 e. The number of fused-ring (bicyclic) bond motifs is 1. The van der Waals surface area contributed by atoms with Crippen LogP contribution in [0.15, 0.2) is 24.3 Å². The standard InChI is InChI=1S/C18H30N2/c1-4-12-18(2,14-19-3)15-20-13-8-7-10-16-9-5-6-11-17(16)20/h5-6,9,11,19H,4,7-8,10,12-15H2,1-3H3. The second-order valence-electron chi connectivity index (χ2n) is 6.60. The number of benzene rings is 1. The van der Waals surface area contributed by atoms with E-state index in [4.69, 9.17) is 0 Å². The molecule has 0 aromatic heterocycles. The number of nitrogens with zero attached hydrogens (tertiary/aromatic N) is 1. The molecule has 2 rings (SSSR count). The van der Waals surface area contributed by atoms with Gasteiger partial charge in [0.05, 0.1) is 0 Å². The molecule has 2 heteroatoms. The molecule has 1 unspecified atom stereocenters. The smallest absolute Gasteiger partial charge is 0.0398 e. The van der Waals surface area contributed by atoms with Gasteiger partial charge in [-0.1, -0.05) is 38.5 Å². The Morgan fingerprint density at radius 2 is 2.05 bits per heavy atom. The van der Waals surface area contributed by atoms with Crippen molar-refractivity contribution in [3.63, 3.8) is 0 Å². The van der Waals surface area contributed by atoms with Crippen LogP contribution in [0.5, 0.6) is 0 Å². The van der Waals surface area contributed by atoms with Gasteiger partial charge in [0.1, 0.15) is 0 Å². The molecule has 112 valence electrons. The Morgan fingerprint density at radius 1 is 1.25 bits per heavy atom. The highest BCUT2D eigenvalue weighted by atomic mass is 15.1. The molecule has 1 N–H and O–H groups in total. The zero-order valence-corrected chi connectivity index (χ0v) is 13.4. The Kier molecular flexibility index (Phi) is 5.47. The van der Waals surface area contributed by atoms with Crippen LogP contribution >= 0.6 is 0 Å². The highest BCUT2D eigenvalue weighted by molar-refractivity contribution is 5.54. The molecule has 1 aliphatic rings. The summed E-state index contributed by atoms with van der Waals surface area (Å²) in [5, 5.41) is 3.40. The van der Waals surface area contributed by atoms with E-state index in [2.05, 4.69) is 55.4 Å². The van der Waals surface area contributed by atoms with Gasteiger partial charge in [-0.15, -0.1) is 0 Å².